The van der Waals surface area contributed by atoms with E-state index in [0.29, 0.717) is 11.0 Å². The second-order valence-electron chi connectivity index (χ2n) is 3.79. The van der Waals surface area contributed by atoms with E-state index in [1.54, 1.807) is 6.07 Å². The molecule has 3 heteroatoms. The average Bonchev–Trinajstić information content (AvgIpc) is 2.41. The van der Waals surface area contributed by atoms with Gasteiger partial charge in [0.25, 0.3) is 0 Å². The zero-order valence-electron chi connectivity index (χ0n) is 9.58. The Balaban J connectivity index is 2.12. The van der Waals surface area contributed by atoms with Crippen molar-refractivity contribution < 1.29 is 4.39 Å². The average molecular weight is 304 g/mol. The van der Waals surface area contributed by atoms with Crippen molar-refractivity contribution in [2.24, 2.45) is 0 Å². The molecule has 1 N–H and O–H groups in total. The lowest BCUT2D eigenvalue weighted by Gasteiger charge is -2.09. The topological polar surface area (TPSA) is 12.0 Å². The monoisotopic (exact) mass is 303 g/mol. The van der Waals surface area contributed by atoms with Crippen LogP contribution >= 0.6 is 15.9 Å². The van der Waals surface area contributed by atoms with Crippen LogP contribution in [0.3, 0.4) is 0 Å². The zero-order chi connectivity index (χ0) is 13.0. The van der Waals surface area contributed by atoms with Crippen LogP contribution in [0, 0.1) is 18.2 Å². The van der Waals surface area contributed by atoms with E-state index in [2.05, 4.69) is 27.2 Å². The van der Waals surface area contributed by atoms with Crippen LogP contribution in [-0.2, 0) is 6.54 Å². The molecule has 0 spiro atoms. The molecule has 0 heterocycles. The highest BCUT2D eigenvalue weighted by molar-refractivity contribution is 9.10. The van der Waals surface area contributed by atoms with Crippen LogP contribution in [0.5, 0.6) is 0 Å². The van der Waals surface area contributed by atoms with Gasteiger partial charge in [-0.2, -0.15) is 0 Å². The van der Waals surface area contributed by atoms with Crippen molar-refractivity contribution in [2.45, 2.75) is 6.54 Å². The van der Waals surface area contributed by atoms with Gasteiger partial charge in [0.15, 0.2) is 0 Å². The van der Waals surface area contributed by atoms with Crippen LogP contribution in [0.2, 0.25) is 0 Å². The van der Waals surface area contributed by atoms with Gasteiger partial charge in [-0.1, -0.05) is 24.1 Å². The molecule has 0 saturated heterocycles. The number of halogens is 2. The summed E-state index contributed by atoms with van der Waals surface area (Å²) in [4.78, 5) is 0. The molecule has 0 fully saturated rings. The van der Waals surface area contributed by atoms with Gasteiger partial charge in [-0.05, 0) is 45.8 Å². The van der Waals surface area contributed by atoms with E-state index >= 15 is 0 Å². The maximum absolute atomic E-state index is 13.3. The van der Waals surface area contributed by atoms with E-state index in [1.165, 1.54) is 6.07 Å². The maximum atomic E-state index is 13.3. The van der Waals surface area contributed by atoms with E-state index < -0.39 is 0 Å². The van der Waals surface area contributed by atoms with Crippen LogP contribution < -0.4 is 5.32 Å². The Morgan fingerprint density at radius 1 is 1.22 bits per heavy atom. The summed E-state index contributed by atoms with van der Waals surface area (Å²) in [5.74, 6) is 2.32. The van der Waals surface area contributed by atoms with E-state index in [0.717, 1.165) is 16.8 Å². The molecule has 0 aliphatic rings. The number of rotatable bonds is 3. The van der Waals surface area contributed by atoms with Crippen molar-refractivity contribution in [1.82, 2.24) is 0 Å². The molecule has 1 nitrogen and oxygen atoms in total. The summed E-state index contributed by atoms with van der Waals surface area (Å²) in [6.45, 7) is 0.534. The molecule has 0 bridgehead atoms. The molecule has 0 radical (unpaired) electrons. The van der Waals surface area contributed by atoms with E-state index in [1.807, 2.05) is 30.3 Å². The molecule has 0 unspecified atom stereocenters. The number of nitrogens with one attached hydrogen (secondary N) is 1. The second kappa shape index (κ2) is 5.70. The summed E-state index contributed by atoms with van der Waals surface area (Å²) in [5, 5.41) is 3.21. The third kappa shape index (κ3) is 2.91. The quantitative estimate of drug-likeness (QED) is 0.839. The molecule has 0 aliphatic heterocycles. The fourth-order valence-electron chi connectivity index (χ4n) is 1.60. The molecule has 0 atom stereocenters. The lowest BCUT2D eigenvalue weighted by molar-refractivity contribution is 0.618. The highest BCUT2D eigenvalue weighted by Gasteiger charge is 2.04. The molecule has 90 valence electrons. The number of hydrogen-bond donors (Lipinski definition) is 1. The Labute approximate surface area is 114 Å². The molecule has 0 amide bonds. The van der Waals surface area contributed by atoms with E-state index in [9.17, 15) is 4.39 Å². The van der Waals surface area contributed by atoms with Crippen LogP contribution in [-0.4, -0.2) is 0 Å². The van der Waals surface area contributed by atoms with Gasteiger partial charge < -0.3 is 5.32 Å². The van der Waals surface area contributed by atoms with Gasteiger partial charge >= 0.3 is 0 Å². The summed E-state index contributed by atoms with van der Waals surface area (Å²) in [5.41, 5.74) is 2.60. The van der Waals surface area contributed by atoms with Gasteiger partial charge in [-0.25, -0.2) is 4.39 Å². The van der Waals surface area contributed by atoms with Gasteiger partial charge in [-0.3, -0.25) is 0 Å². The predicted octanol–water partition coefficient (Wildman–Crippen LogP) is 4.18. The SMILES string of the molecule is C#Cc1cccc(NCc2cccc(F)c2Br)c1. The van der Waals surface area contributed by atoms with Crippen LogP contribution in [0.4, 0.5) is 10.1 Å². The molecular weight excluding hydrogens is 293 g/mol. The summed E-state index contributed by atoms with van der Waals surface area (Å²) in [6.07, 6.45) is 5.34. The highest BCUT2D eigenvalue weighted by atomic mass is 79.9. The van der Waals surface area contributed by atoms with Gasteiger partial charge in [0, 0.05) is 17.8 Å². The normalized spacial score (nSPS) is 9.83. The van der Waals surface area contributed by atoms with Crippen molar-refractivity contribution in [2.75, 3.05) is 5.32 Å². The summed E-state index contributed by atoms with van der Waals surface area (Å²) in [6, 6.07) is 12.5. The molecule has 0 aromatic heterocycles. The third-order valence-corrected chi connectivity index (χ3v) is 3.43. The maximum Gasteiger partial charge on any atom is 0.137 e. The molecule has 0 aliphatic carbocycles. The molecule has 2 aromatic rings. The summed E-state index contributed by atoms with van der Waals surface area (Å²) >= 11 is 3.23. The number of hydrogen-bond acceptors (Lipinski definition) is 1. The Morgan fingerprint density at radius 2 is 2.00 bits per heavy atom. The molecule has 0 saturated carbocycles. The fourth-order valence-corrected chi connectivity index (χ4v) is 2.01. The van der Waals surface area contributed by atoms with Gasteiger partial charge in [0.05, 0.1) is 4.47 Å². The molecular formula is C15H11BrFN. The lowest BCUT2D eigenvalue weighted by atomic mass is 10.2. The minimum atomic E-state index is -0.258. The standard InChI is InChI=1S/C15H11BrFN/c1-2-11-5-3-7-13(9-11)18-10-12-6-4-8-14(17)15(12)16/h1,3-9,18H,10H2. The first-order valence-electron chi connectivity index (χ1n) is 5.44. The summed E-state index contributed by atoms with van der Waals surface area (Å²) < 4.78 is 13.8. The predicted molar refractivity (Wildman–Crippen MR) is 75.8 cm³/mol. The fraction of sp³-hybridized carbons (Fsp3) is 0.0667. The van der Waals surface area contributed by atoms with Gasteiger partial charge in [0.1, 0.15) is 5.82 Å². The number of benzene rings is 2. The second-order valence-corrected chi connectivity index (χ2v) is 4.58. The Morgan fingerprint density at radius 3 is 2.78 bits per heavy atom. The zero-order valence-corrected chi connectivity index (χ0v) is 11.2. The smallest absolute Gasteiger partial charge is 0.137 e. The van der Waals surface area contributed by atoms with Crippen molar-refractivity contribution in [3.05, 3.63) is 63.9 Å². The third-order valence-electron chi connectivity index (χ3n) is 2.54. The Kier molecular flexibility index (Phi) is 4.01. The minimum absolute atomic E-state index is 0.258. The summed E-state index contributed by atoms with van der Waals surface area (Å²) in [7, 11) is 0. The first-order chi connectivity index (χ1) is 8.70. The van der Waals surface area contributed by atoms with Crippen molar-refractivity contribution >= 4 is 21.6 Å². The van der Waals surface area contributed by atoms with Crippen LogP contribution in [0.1, 0.15) is 11.1 Å². The number of anilines is 1. The van der Waals surface area contributed by atoms with Crippen LogP contribution in [0.15, 0.2) is 46.9 Å². The van der Waals surface area contributed by atoms with Crippen molar-refractivity contribution in [3.63, 3.8) is 0 Å². The van der Waals surface area contributed by atoms with E-state index in [-0.39, 0.29) is 5.82 Å². The lowest BCUT2D eigenvalue weighted by Crippen LogP contribution is -2.01. The minimum Gasteiger partial charge on any atom is -0.381 e. The van der Waals surface area contributed by atoms with Gasteiger partial charge in [-0.15, -0.1) is 6.42 Å². The molecule has 2 aromatic carbocycles. The highest BCUT2D eigenvalue weighted by Crippen LogP contribution is 2.21. The first-order valence-corrected chi connectivity index (χ1v) is 6.23. The van der Waals surface area contributed by atoms with Crippen LogP contribution in [0.25, 0.3) is 0 Å². The largest absolute Gasteiger partial charge is 0.381 e. The van der Waals surface area contributed by atoms with Crippen molar-refractivity contribution in [3.8, 4) is 12.3 Å². The first kappa shape index (κ1) is 12.7. The van der Waals surface area contributed by atoms with Crippen molar-refractivity contribution in [1.29, 1.82) is 0 Å². The Bertz CT molecular complexity index is 602. The Hall–Kier alpha value is -1.79. The molecule has 2 rings (SSSR count). The number of terminal acetylenes is 1. The molecule has 18 heavy (non-hydrogen) atoms. The van der Waals surface area contributed by atoms with Gasteiger partial charge in [0.2, 0.25) is 0 Å². The van der Waals surface area contributed by atoms with E-state index in [4.69, 9.17) is 6.42 Å².